The second-order valence-electron chi connectivity index (χ2n) is 15.2. The third kappa shape index (κ3) is 5.19. The lowest BCUT2D eigenvalue weighted by molar-refractivity contribution is 0.990. The Kier molecular flexibility index (Phi) is 7.54. The lowest BCUT2D eigenvalue weighted by atomic mass is 9.87. The average Bonchev–Trinajstić information content (AvgIpc) is 3.86. The fourth-order valence-electron chi connectivity index (χ4n) is 9.22. The number of aromatic nitrogens is 3. The predicted molar refractivity (Wildman–Crippen MR) is 246 cm³/mol. The van der Waals surface area contributed by atoms with Crippen LogP contribution in [-0.4, -0.2) is 14.5 Å². The molecule has 12 rings (SSSR count). The maximum atomic E-state index is 5.44. The fourth-order valence-corrected chi connectivity index (χ4v) is 10.3. The molecule has 0 radical (unpaired) electrons. The average molecular weight is 758 g/mol. The highest BCUT2D eigenvalue weighted by Crippen LogP contribution is 2.48. The second kappa shape index (κ2) is 13.2. The Hall–Kier alpha value is -7.14. The molecule has 272 valence electrons. The smallest absolute Gasteiger partial charge is 0.235 e. The molecule has 58 heavy (non-hydrogen) atoms. The topological polar surface area (TPSA) is 30.7 Å². The van der Waals surface area contributed by atoms with E-state index in [-0.39, 0.29) is 0 Å². The minimum atomic E-state index is 0.676. The Morgan fingerprint density at radius 2 is 1.02 bits per heavy atom. The summed E-state index contributed by atoms with van der Waals surface area (Å²) in [5.74, 6) is 0.676. The number of benzene rings is 8. The van der Waals surface area contributed by atoms with Gasteiger partial charge in [0.1, 0.15) is 0 Å². The van der Waals surface area contributed by atoms with Crippen molar-refractivity contribution in [1.29, 1.82) is 0 Å². The Bertz CT molecular complexity index is 3360. The zero-order valence-electron chi connectivity index (χ0n) is 31.6. The number of aryl methyl sites for hydroxylation is 1. The standard InChI is InChI=1S/C54H35N3S/c1-4-14-34(15-5-1)35-24-26-36(27-25-35)39-28-30-48-44(32-39)50-49(58-48)31-29-47-52(50)51-42-22-12-10-20-40(42)41-21-11-13-23-43(41)53(51)57(47)54-55-45(37-16-6-2-7-17-37)33-46(56-54)38-18-8-3-9-19-38/h1-11,13-21,23-33H,12,22H2. The predicted octanol–water partition coefficient (Wildman–Crippen LogP) is 14.7. The van der Waals surface area contributed by atoms with Crippen LogP contribution < -0.4 is 0 Å². The van der Waals surface area contributed by atoms with Crippen molar-refractivity contribution >= 4 is 70.2 Å². The molecule has 0 saturated heterocycles. The molecular formula is C54H35N3S. The van der Waals surface area contributed by atoms with Gasteiger partial charge in [-0.25, -0.2) is 9.97 Å². The fraction of sp³-hybridized carbons (Fsp3) is 0.0370. The van der Waals surface area contributed by atoms with Gasteiger partial charge in [0.15, 0.2) is 0 Å². The Balaban J connectivity index is 1.19. The van der Waals surface area contributed by atoms with Gasteiger partial charge in [0.25, 0.3) is 0 Å². The van der Waals surface area contributed by atoms with Crippen LogP contribution >= 0.6 is 11.3 Å². The van der Waals surface area contributed by atoms with Gasteiger partial charge in [0.2, 0.25) is 5.95 Å². The molecule has 0 unspecified atom stereocenters. The first-order chi connectivity index (χ1) is 28.8. The highest BCUT2D eigenvalue weighted by molar-refractivity contribution is 7.26. The molecule has 0 spiro atoms. The van der Waals surface area contributed by atoms with Gasteiger partial charge in [-0.3, -0.25) is 4.57 Å². The van der Waals surface area contributed by atoms with Crippen LogP contribution in [0.5, 0.6) is 0 Å². The minimum Gasteiger partial charge on any atom is -0.277 e. The first kappa shape index (κ1) is 33.0. The van der Waals surface area contributed by atoms with Crippen molar-refractivity contribution in [2.45, 2.75) is 12.8 Å². The van der Waals surface area contributed by atoms with Gasteiger partial charge in [-0.05, 0) is 81.9 Å². The van der Waals surface area contributed by atoms with Gasteiger partial charge < -0.3 is 0 Å². The number of hydrogen-bond donors (Lipinski definition) is 0. The number of hydrogen-bond acceptors (Lipinski definition) is 3. The largest absolute Gasteiger partial charge is 0.277 e. The molecule has 1 aliphatic rings. The summed E-state index contributed by atoms with van der Waals surface area (Å²) in [6, 6.07) is 63.3. The molecule has 0 aliphatic heterocycles. The van der Waals surface area contributed by atoms with E-state index in [1.54, 1.807) is 0 Å². The Labute approximate surface area is 339 Å². The van der Waals surface area contributed by atoms with Crippen molar-refractivity contribution in [2.24, 2.45) is 0 Å². The van der Waals surface area contributed by atoms with Crippen LogP contribution in [0.1, 0.15) is 17.5 Å². The lowest BCUT2D eigenvalue weighted by Gasteiger charge is -2.17. The normalized spacial score (nSPS) is 12.6. The third-order valence-electron chi connectivity index (χ3n) is 11.9. The number of thiophene rings is 1. The van der Waals surface area contributed by atoms with Crippen LogP contribution in [0.15, 0.2) is 182 Å². The van der Waals surface area contributed by atoms with E-state index in [4.69, 9.17) is 9.97 Å². The third-order valence-corrected chi connectivity index (χ3v) is 13.0. The molecule has 0 fully saturated rings. The monoisotopic (exact) mass is 757 g/mol. The highest BCUT2D eigenvalue weighted by Gasteiger charge is 2.26. The molecule has 0 N–H and O–H groups in total. The summed E-state index contributed by atoms with van der Waals surface area (Å²) in [4.78, 5) is 10.9. The Morgan fingerprint density at radius 1 is 0.448 bits per heavy atom. The van der Waals surface area contributed by atoms with Gasteiger partial charge in [-0.1, -0.05) is 158 Å². The molecule has 3 heterocycles. The number of allylic oxidation sites excluding steroid dienone is 1. The maximum Gasteiger partial charge on any atom is 0.235 e. The van der Waals surface area contributed by atoms with Crippen LogP contribution in [0, 0.1) is 0 Å². The summed E-state index contributed by atoms with van der Waals surface area (Å²) in [5, 5.41) is 7.65. The van der Waals surface area contributed by atoms with Crippen LogP contribution in [-0.2, 0) is 6.42 Å². The molecule has 11 aromatic rings. The first-order valence-electron chi connectivity index (χ1n) is 20.0. The van der Waals surface area contributed by atoms with Crippen molar-refractivity contribution in [3.05, 3.63) is 193 Å². The molecule has 3 aromatic heterocycles. The van der Waals surface area contributed by atoms with E-state index in [2.05, 4.69) is 193 Å². The summed E-state index contributed by atoms with van der Waals surface area (Å²) in [6.45, 7) is 0. The van der Waals surface area contributed by atoms with Crippen LogP contribution in [0.25, 0.3) is 110 Å². The van der Waals surface area contributed by atoms with Crippen molar-refractivity contribution in [3.8, 4) is 50.7 Å². The summed E-state index contributed by atoms with van der Waals surface area (Å²) in [6.07, 6.45) is 6.68. The Morgan fingerprint density at radius 3 is 1.71 bits per heavy atom. The van der Waals surface area contributed by atoms with Crippen LogP contribution in [0.4, 0.5) is 0 Å². The van der Waals surface area contributed by atoms with E-state index in [1.807, 2.05) is 11.3 Å². The molecule has 4 heteroatoms. The van der Waals surface area contributed by atoms with E-state index < -0.39 is 0 Å². The molecule has 0 bridgehead atoms. The van der Waals surface area contributed by atoms with E-state index >= 15 is 0 Å². The minimum absolute atomic E-state index is 0.676. The van der Waals surface area contributed by atoms with Crippen molar-refractivity contribution in [1.82, 2.24) is 14.5 Å². The molecule has 3 nitrogen and oxygen atoms in total. The van der Waals surface area contributed by atoms with Crippen LogP contribution in [0.2, 0.25) is 0 Å². The molecule has 0 saturated carbocycles. The molecule has 0 atom stereocenters. The van der Waals surface area contributed by atoms with E-state index in [1.165, 1.54) is 80.6 Å². The summed E-state index contributed by atoms with van der Waals surface area (Å²) < 4.78 is 4.95. The van der Waals surface area contributed by atoms with Gasteiger partial charge in [0, 0.05) is 47.5 Å². The van der Waals surface area contributed by atoms with E-state index in [0.29, 0.717) is 5.95 Å². The number of rotatable bonds is 5. The lowest BCUT2D eigenvalue weighted by Crippen LogP contribution is -2.05. The maximum absolute atomic E-state index is 5.44. The van der Waals surface area contributed by atoms with E-state index in [9.17, 15) is 0 Å². The van der Waals surface area contributed by atoms with Crippen molar-refractivity contribution in [3.63, 3.8) is 0 Å². The molecule has 0 amide bonds. The summed E-state index contributed by atoms with van der Waals surface area (Å²) >= 11 is 1.88. The van der Waals surface area contributed by atoms with Gasteiger partial charge in [0.05, 0.1) is 22.4 Å². The molecule has 8 aromatic carbocycles. The first-order valence-corrected chi connectivity index (χ1v) is 20.8. The zero-order valence-corrected chi connectivity index (χ0v) is 32.4. The van der Waals surface area contributed by atoms with Gasteiger partial charge in [-0.15, -0.1) is 11.3 Å². The zero-order chi connectivity index (χ0) is 38.2. The SMILES string of the molecule is C1=Cc2c(c3c4c5c(ccc4n(-c4nc(-c6ccccc6)cc(-c6ccccc6)n4)c3c3ccccc23)sc2ccc(-c3ccc(-c4ccccc4)cc3)cc25)CC1. The summed E-state index contributed by atoms with van der Waals surface area (Å²) in [7, 11) is 0. The van der Waals surface area contributed by atoms with Crippen molar-refractivity contribution in [2.75, 3.05) is 0 Å². The number of nitrogens with zero attached hydrogens (tertiary/aromatic N) is 3. The van der Waals surface area contributed by atoms with E-state index in [0.717, 1.165) is 40.9 Å². The van der Waals surface area contributed by atoms with Gasteiger partial charge in [-0.2, -0.15) is 0 Å². The highest BCUT2D eigenvalue weighted by atomic mass is 32.1. The molecular weight excluding hydrogens is 723 g/mol. The van der Waals surface area contributed by atoms with Gasteiger partial charge >= 0.3 is 0 Å². The van der Waals surface area contributed by atoms with Crippen LogP contribution in [0.3, 0.4) is 0 Å². The summed E-state index contributed by atoms with van der Waals surface area (Å²) in [5.41, 5.74) is 13.8. The number of fused-ring (bicyclic) bond motifs is 12. The second-order valence-corrected chi connectivity index (χ2v) is 16.3. The molecule has 1 aliphatic carbocycles. The quantitative estimate of drug-likeness (QED) is 0.175. The van der Waals surface area contributed by atoms with Crippen molar-refractivity contribution < 1.29 is 0 Å².